The van der Waals surface area contributed by atoms with Crippen LogP contribution in [0.3, 0.4) is 0 Å². The van der Waals surface area contributed by atoms with E-state index < -0.39 is 5.91 Å². The van der Waals surface area contributed by atoms with E-state index >= 15 is 0 Å². The first-order chi connectivity index (χ1) is 10.6. The Morgan fingerprint density at radius 3 is 2.73 bits per heavy atom. The van der Waals surface area contributed by atoms with Gasteiger partial charge >= 0.3 is 0 Å². The number of hydrogen-bond acceptors (Lipinski definition) is 3. The van der Waals surface area contributed by atoms with Crippen molar-refractivity contribution in [2.24, 2.45) is 5.73 Å². The molecule has 0 fully saturated rings. The molecule has 0 aliphatic carbocycles. The van der Waals surface area contributed by atoms with Crippen molar-refractivity contribution in [2.75, 3.05) is 7.11 Å². The summed E-state index contributed by atoms with van der Waals surface area (Å²) in [6.07, 6.45) is 0. The minimum atomic E-state index is -0.477. The van der Waals surface area contributed by atoms with Crippen LogP contribution < -0.4 is 10.5 Å². The van der Waals surface area contributed by atoms with Crippen molar-refractivity contribution < 1.29 is 9.53 Å². The van der Waals surface area contributed by atoms with Crippen LogP contribution in [-0.4, -0.2) is 18.0 Å². The SMILES string of the molecule is COc1cccc(-c2cc(C(N)=O)c3cc(Br)ccc3n2)c1. The summed E-state index contributed by atoms with van der Waals surface area (Å²) < 4.78 is 6.11. The van der Waals surface area contributed by atoms with Crippen LogP contribution in [0.4, 0.5) is 0 Å². The fourth-order valence-corrected chi connectivity index (χ4v) is 2.69. The molecule has 0 saturated carbocycles. The van der Waals surface area contributed by atoms with E-state index in [9.17, 15) is 4.79 Å². The standard InChI is InChI=1S/C17H13BrN2O2/c1-22-12-4-2-3-10(7-12)16-9-14(17(19)21)13-8-11(18)5-6-15(13)20-16/h2-9H,1H3,(H2,19,21). The average molecular weight is 357 g/mol. The fourth-order valence-electron chi connectivity index (χ4n) is 2.33. The molecule has 110 valence electrons. The number of benzene rings is 2. The molecular weight excluding hydrogens is 344 g/mol. The summed E-state index contributed by atoms with van der Waals surface area (Å²) >= 11 is 3.40. The number of halogens is 1. The largest absolute Gasteiger partial charge is 0.497 e. The Bertz CT molecular complexity index is 878. The van der Waals surface area contributed by atoms with Gasteiger partial charge in [0, 0.05) is 15.4 Å². The van der Waals surface area contributed by atoms with Crippen LogP contribution in [0.15, 0.2) is 53.0 Å². The first kappa shape index (κ1) is 14.5. The molecular formula is C17H13BrN2O2. The summed E-state index contributed by atoms with van der Waals surface area (Å²) in [5.41, 5.74) is 8.24. The molecule has 22 heavy (non-hydrogen) atoms. The van der Waals surface area contributed by atoms with Crippen LogP contribution in [0.1, 0.15) is 10.4 Å². The number of carbonyl (C=O) groups excluding carboxylic acids is 1. The minimum Gasteiger partial charge on any atom is -0.497 e. The van der Waals surface area contributed by atoms with Gasteiger partial charge in [0.2, 0.25) is 5.91 Å². The molecule has 3 aromatic rings. The number of carbonyl (C=O) groups is 1. The van der Waals surface area contributed by atoms with Crippen LogP contribution in [0, 0.1) is 0 Å². The Balaban J connectivity index is 2.26. The summed E-state index contributed by atoms with van der Waals surface area (Å²) in [5.74, 6) is 0.255. The number of primary amides is 1. The molecule has 0 unspecified atom stereocenters. The Morgan fingerprint density at radius 2 is 2.00 bits per heavy atom. The highest BCUT2D eigenvalue weighted by Gasteiger charge is 2.12. The molecule has 0 bridgehead atoms. The van der Waals surface area contributed by atoms with Gasteiger partial charge in [0.15, 0.2) is 0 Å². The van der Waals surface area contributed by atoms with Crippen LogP contribution >= 0.6 is 15.9 Å². The predicted octanol–water partition coefficient (Wildman–Crippen LogP) is 3.77. The maximum Gasteiger partial charge on any atom is 0.249 e. The van der Waals surface area contributed by atoms with Crippen molar-refractivity contribution in [3.8, 4) is 17.0 Å². The zero-order valence-corrected chi connectivity index (χ0v) is 13.4. The molecule has 4 nitrogen and oxygen atoms in total. The van der Waals surface area contributed by atoms with Crippen LogP contribution in [0.25, 0.3) is 22.2 Å². The van der Waals surface area contributed by atoms with Gasteiger partial charge in [-0.05, 0) is 36.4 Å². The zero-order valence-electron chi connectivity index (χ0n) is 11.8. The van der Waals surface area contributed by atoms with Crippen molar-refractivity contribution >= 4 is 32.7 Å². The second kappa shape index (κ2) is 5.77. The van der Waals surface area contributed by atoms with E-state index in [-0.39, 0.29) is 0 Å². The van der Waals surface area contributed by atoms with E-state index in [0.717, 1.165) is 26.7 Å². The number of nitrogens with zero attached hydrogens (tertiary/aromatic N) is 1. The first-order valence-electron chi connectivity index (χ1n) is 6.63. The van der Waals surface area contributed by atoms with Crippen molar-refractivity contribution in [2.45, 2.75) is 0 Å². The number of nitrogens with two attached hydrogens (primary N) is 1. The number of pyridine rings is 1. The van der Waals surface area contributed by atoms with Crippen LogP contribution in [0.2, 0.25) is 0 Å². The second-order valence-electron chi connectivity index (χ2n) is 4.81. The number of aromatic nitrogens is 1. The lowest BCUT2D eigenvalue weighted by molar-refractivity contribution is 0.100. The average Bonchev–Trinajstić information content (AvgIpc) is 2.53. The van der Waals surface area contributed by atoms with Gasteiger partial charge in [0.1, 0.15) is 5.75 Å². The Hall–Kier alpha value is -2.40. The lowest BCUT2D eigenvalue weighted by Crippen LogP contribution is -2.12. The van der Waals surface area contributed by atoms with Gasteiger partial charge in [0.05, 0.1) is 23.9 Å². The number of rotatable bonds is 3. The Labute approximate surface area is 136 Å². The molecule has 1 aromatic heterocycles. The van der Waals surface area contributed by atoms with Gasteiger partial charge in [-0.15, -0.1) is 0 Å². The molecule has 5 heteroatoms. The topological polar surface area (TPSA) is 65.2 Å². The number of fused-ring (bicyclic) bond motifs is 1. The summed E-state index contributed by atoms with van der Waals surface area (Å²) in [7, 11) is 1.61. The van der Waals surface area contributed by atoms with Gasteiger partial charge in [-0.1, -0.05) is 28.1 Å². The summed E-state index contributed by atoms with van der Waals surface area (Å²) in [4.78, 5) is 16.4. The molecule has 0 radical (unpaired) electrons. The molecule has 0 spiro atoms. The van der Waals surface area contributed by atoms with E-state index in [1.165, 1.54) is 0 Å². The number of ether oxygens (including phenoxy) is 1. The Morgan fingerprint density at radius 1 is 1.18 bits per heavy atom. The van der Waals surface area contributed by atoms with Crippen molar-refractivity contribution in [1.82, 2.24) is 4.98 Å². The molecule has 1 amide bonds. The lowest BCUT2D eigenvalue weighted by Gasteiger charge is -2.09. The maximum atomic E-state index is 11.8. The molecule has 1 heterocycles. The molecule has 0 atom stereocenters. The van der Waals surface area contributed by atoms with Crippen LogP contribution in [0.5, 0.6) is 5.75 Å². The summed E-state index contributed by atoms with van der Waals surface area (Å²) in [5, 5.41) is 0.730. The van der Waals surface area contributed by atoms with E-state index in [4.69, 9.17) is 10.5 Å². The fraction of sp³-hybridized carbons (Fsp3) is 0.0588. The zero-order chi connectivity index (χ0) is 15.7. The van der Waals surface area contributed by atoms with Gasteiger partial charge in [-0.3, -0.25) is 4.79 Å². The van der Waals surface area contributed by atoms with Gasteiger partial charge in [-0.25, -0.2) is 4.98 Å². The number of amides is 1. The number of methoxy groups -OCH3 is 1. The molecule has 2 aromatic carbocycles. The van der Waals surface area contributed by atoms with Gasteiger partial charge < -0.3 is 10.5 Å². The first-order valence-corrected chi connectivity index (χ1v) is 7.42. The van der Waals surface area contributed by atoms with Gasteiger partial charge in [-0.2, -0.15) is 0 Å². The normalized spacial score (nSPS) is 10.6. The quantitative estimate of drug-likeness (QED) is 0.776. The number of hydrogen-bond donors (Lipinski definition) is 1. The smallest absolute Gasteiger partial charge is 0.249 e. The Kier molecular flexibility index (Phi) is 3.81. The highest BCUT2D eigenvalue weighted by atomic mass is 79.9. The summed E-state index contributed by atoms with van der Waals surface area (Å²) in [6.45, 7) is 0. The molecule has 0 aliphatic rings. The monoisotopic (exact) mass is 356 g/mol. The second-order valence-corrected chi connectivity index (χ2v) is 5.73. The van der Waals surface area contributed by atoms with E-state index in [0.29, 0.717) is 11.3 Å². The third-order valence-corrected chi connectivity index (χ3v) is 3.89. The van der Waals surface area contributed by atoms with E-state index in [2.05, 4.69) is 20.9 Å². The van der Waals surface area contributed by atoms with Crippen molar-refractivity contribution in [1.29, 1.82) is 0 Å². The lowest BCUT2D eigenvalue weighted by atomic mass is 10.0. The predicted molar refractivity (Wildman–Crippen MR) is 89.9 cm³/mol. The third kappa shape index (κ3) is 2.67. The summed E-state index contributed by atoms with van der Waals surface area (Å²) in [6, 6.07) is 14.8. The highest BCUT2D eigenvalue weighted by Crippen LogP contribution is 2.28. The minimum absolute atomic E-state index is 0.448. The molecule has 0 saturated heterocycles. The molecule has 2 N–H and O–H groups in total. The molecule has 0 aliphatic heterocycles. The van der Waals surface area contributed by atoms with E-state index in [1.807, 2.05) is 42.5 Å². The maximum absolute atomic E-state index is 11.8. The van der Waals surface area contributed by atoms with E-state index in [1.54, 1.807) is 13.2 Å². The van der Waals surface area contributed by atoms with Crippen LogP contribution in [-0.2, 0) is 0 Å². The van der Waals surface area contributed by atoms with Crippen molar-refractivity contribution in [3.63, 3.8) is 0 Å². The molecule has 3 rings (SSSR count). The highest BCUT2D eigenvalue weighted by molar-refractivity contribution is 9.10. The van der Waals surface area contributed by atoms with Gasteiger partial charge in [0.25, 0.3) is 0 Å². The van der Waals surface area contributed by atoms with Crippen molar-refractivity contribution in [3.05, 3.63) is 58.6 Å². The third-order valence-electron chi connectivity index (χ3n) is 3.40.